The molecule has 112 valence electrons. The molecule has 0 atom stereocenters. The first-order valence-electron chi connectivity index (χ1n) is 7.11. The number of phenolic OH excluding ortho intramolecular Hbond substituents is 1. The summed E-state index contributed by atoms with van der Waals surface area (Å²) >= 11 is 0. The first-order chi connectivity index (χ1) is 9.29. The Bertz CT molecular complexity index is 431. The molecule has 1 aromatic rings. The van der Waals surface area contributed by atoms with Crippen LogP contribution in [0.5, 0.6) is 5.75 Å². The molecule has 2 rings (SSSR count). The van der Waals surface area contributed by atoms with Crippen molar-refractivity contribution in [2.45, 2.75) is 26.2 Å². The van der Waals surface area contributed by atoms with Gasteiger partial charge in [0.2, 0.25) is 0 Å². The van der Waals surface area contributed by atoms with Crippen molar-refractivity contribution >= 4 is 29.9 Å². The van der Waals surface area contributed by atoms with Crippen molar-refractivity contribution in [3.63, 3.8) is 0 Å². The van der Waals surface area contributed by atoms with Gasteiger partial charge >= 0.3 is 0 Å². The Morgan fingerprint density at radius 2 is 2.10 bits per heavy atom. The SMILES string of the molecule is CCNC(=NCCc1cccc(O)c1)N1CCCC1.I. The topological polar surface area (TPSA) is 47.9 Å². The van der Waals surface area contributed by atoms with Crippen LogP contribution in [0.25, 0.3) is 0 Å². The van der Waals surface area contributed by atoms with Gasteiger partial charge in [-0.25, -0.2) is 0 Å². The van der Waals surface area contributed by atoms with Crippen LogP contribution < -0.4 is 5.32 Å². The quantitative estimate of drug-likeness (QED) is 0.473. The second-order valence-electron chi connectivity index (χ2n) is 4.85. The summed E-state index contributed by atoms with van der Waals surface area (Å²) < 4.78 is 0. The molecular formula is C15H24IN3O. The molecule has 0 aliphatic carbocycles. The van der Waals surface area contributed by atoms with E-state index < -0.39 is 0 Å². The maximum Gasteiger partial charge on any atom is 0.193 e. The Kier molecular flexibility index (Phi) is 7.72. The minimum atomic E-state index is 0. The van der Waals surface area contributed by atoms with Gasteiger partial charge in [0.05, 0.1) is 0 Å². The molecule has 1 aliphatic heterocycles. The standard InChI is InChI=1S/C15H23N3O.HI/c1-2-16-15(18-10-3-4-11-18)17-9-8-13-6-5-7-14(19)12-13;/h5-7,12,19H,2-4,8-11H2,1H3,(H,16,17);1H. The van der Waals surface area contributed by atoms with Crippen molar-refractivity contribution < 1.29 is 5.11 Å². The fourth-order valence-corrected chi connectivity index (χ4v) is 2.36. The van der Waals surface area contributed by atoms with E-state index >= 15 is 0 Å². The Balaban J connectivity index is 0.00000200. The highest BCUT2D eigenvalue weighted by atomic mass is 127. The van der Waals surface area contributed by atoms with Crippen molar-refractivity contribution in [2.24, 2.45) is 4.99 Å². The third-order valence-corrected chi connectivity index (χ3v) is 3.31. The number of phenols is 1. The summed E-state index contributed by atoms with van der Waals surface area (Å²) in [4.78, 5) is 7.00. The molecule has 2 N–H and O–H groups in total. The van der Waals surface area contributed by atoms with Crippen LogP contribution in [-0.4, -0.2) is 42.1 Å². The lowest BCUT2D eigenvalue weighted by molar-refractivity contribution is 0.474. The van der Waals surface area contributed by atoms with Crippen LogP contribution >= 0.6 is 24.0 Å². The Hall–Kier alpha value is -0.980. The minimum absolute atomic E-state index is 0. The summed E-state index contributed by atoms with van der Waals surface area (Å²) in [5, 5.41) is 12.8. The summed E-state index contributed by atoms with van der Waals surface area (Å²) in [5.74, 6) is 1.35. The summed E-state index contributed by atoms with van der Waals surface area (Å²) in [5.41, 5.74) is 1.13. The predicted octanol–water partition coefficient (Wildman–Crippen LogP) is 2.61. The molecule has 0 bridgehead atoms. The van der Waals surface area contributed by atoms with Gasteiger partial charge in [-0.05, 0) is 43.9 Å². The van der Waals surface area contributed by atoms with E-state index in [9.17, 15) is 5.11 Å². The minimum Gasteiger partial charge on any atom is -0.508 e. The largest absolute Gasteiger partial charge is 0.508 e. The number of rotatable bonds is 4. The van der Waals surface area contributed by atoms with E-state index in [1.165, 1.54) is 12.8 Å². The second kappa shape index (κ2) is 9.05. The summed E-state index contributed by atoms with van der Waals surface area (Å²) in [6, 6.07) is 7.40. The number of aromatic hydroxyl groups is 1. The fraction of sp³-hybridized carbons (Fsp3) is 0.533. The lowest BCUT2D eigenvalue weighted by Crippen LogP contribution is -2.39. The van der Waals surface area contributed by atoms with E-state index in [0.717, 1.165) is 44.1 Å². The van der Waals surface area contributed by atoms with E-state index in [0.29, 0.717) is 5.75 Å². The van der Waals surface area contributed by atoms with E-state index in [4.69, 9.17) is 0 Å². The number of nitrogens with zero attached hydrogens (tertiary/aromatic N) is 2. The molecule has 0 radical (unpaired) electrons. The van der Waals surface area contributed by atoms with Crippen molar-refractivity contribution in [3.05, 3.63) is 29.8 Å². The maximum atomic E-state index is 9.42. The van der Waals surface area contributed by atoms with Gasteiger partial charge in [0.1, 0.15) is 5.75 Å². The number of likely N-dealkylation sites (tertiary alicyclic amines) is 1. The molecule has 4 nitrogen and oxygen atoms in total. The molecule has 20 heavy (non-hydrogen) atoms. The molecule has 1 aliphatic rings. The van der Waals surface area contributed by atoms with Crippen molar-refractivity contribution in [2.75, 3.05) is 26.2 Å². The lowest BCUT2D eigenvalue weighted by Gasteiger charge is -2.20. The fourth-order valence-electron chi connectivity index (χ4n) is 2.36. The highest BCUT2D eigenvalue weighted by Crippen LogP contribution is 2.12. The van der Waals surface area contributed by atoms with Crippen molar-refractivity contribution in [1.82, 2.24) is 10.2 Å². The highest BCUT2D eigenvalue weighted by Gasteiger charge is 2.14. The van der Waals surface area contributed by atoms with E-state index in [1.807, 2.05) is 12.1 Å². The third kappa shape index (κ3) is 5.19. The van der Waals surface area contributed by atoms with Gasteiger partial charge in [0.15, 0.2) is 5.96 Å². The Labute approximate surface area is 138 Å². The van der Waals surface area contributed by atoms with Crippen molar-refractivity contribution in [3.8, 4) is 5.75 Å². The normalized spacial score (nSPS) is 15.1. The molecule has 5 heteroatoms. The number of hydrogen-bond acceptors (Lipinski definition) is 2. The van der Waals surface area contributed by atoms with Gasteiger partial charge < -0.3 is 15.3 Å². The van der Waals surface area contributed by atoms with Crippen LogP contribution in [0, 0.1) is 0 Å². The maximum absolute atomic E-state index is 9.42. The van der Waals surface area contributed by atoms with E-state index in [-0.39, 0.29) is 24.0 Å². The molecule has 0 amide bonds. The number of benzene rings is 1. The van der Waals surface area contributed by atoms with Crippen LogP contribution in [0.4, 0.5) is 0 Å². The zero-order valence-electron chi connectivity index (χ0n) is 12.0. The zero-order chi connectivity index (χ0) is 13.5. The van der Waals surface area contributed by atoms with Crippen LogP contribution in [0.15, 0.2) is 29.3 Å². The van der Waals surface area contributed by atoms with E-state index in [2.05, 4.69) is 22.1 Å². The van der Waals surface area contributed by atoms with Gasteiger partial charge in [0.25, 0.3) is 0 Å². The average Bonchev–Trinajstić information content (AvgIpc) is 2.91. The number of hydrogen-bond donors (Lipinski definition) is 2. The number of guanidine groups is 1. The average molecular weight is 389 g/mol. The molecule has 0 spiro atoms. The van der Waals surface area contributed by atoms with Crippen LogP contribution in [-0.2, 0) is 6.42 Å². The lowest BCUT2D eigenvalue weighted by atomic mass is 10.1. The van der Waals surface area contributed by atoms with Gasteiger partial charge in [-0.15, -0.1) is 24.0 Å². The molecule has 1 saturated heterocycles. The summed E-state index contributed by atoms with van der Waals surface area (Å²) in [7, 11) is 0. The molecule has 1 fully saturated rings. The van der Waals surface area contributed by atoms with Gasteiger partial charge in [-0.2, -0.15) is 0 Å². The molecular weight excluding hydrogens is 365 g/mol. The van der Waals surface area contributed by atoms with Gasteiger partial charge in [-0.1, -0.05) is 12.1 Å². The number of aliphatic imine (C=N–C) groups is 1. The summed E-state index contributed by atoms with van der Waals surface area (Å²) in [6.45, 7) is 5.97. The monoisotopic (exact) mass is 389 g/mol. The number of halogens is 1. The predicted molar refractivity (Wildman–Crippen MR) is 94.0 cm³/mol. The highest BCUT2D eigenvalue weighted by molar-refractivity contribution is 14.0. The van der Waals surface area contributed by atoms with Crippen LogP contribution in [0.1, 0.15) is 25.3 Å². The smallest absolute Gasteiger partial charge is 0.193 e. The first kappa shape index (κ1) is 17.1. The van der Waals surface area contributed by atoms with Crippen LogP contribution in [0.3, 0.4) is 0 Å². The molecule has 0 aromatic heterocycles. The van der Waals surface area contributed by atoms with E-state index in [1.54, 1.807) is 12.1 Å². The first-order valence-corrected chi connectivity index (χ1v) is 7.11. The van der Waals surface area contributed by atoms with Crippen molar-refractivity contribution in [1.29, 1.82) is 0 Å². The number of nitrogens with one attached hydrogen (secondary N) is 1. The molecule has 1 heterocycles. The van der Waals surface area contributed by atoms with Gasteiger partial charge in [-0.3, -0.25) is 4.99 Å². The van der Waals surface area contributed by atoms with Crippen LogP contribution in [0.2, 0.25) is 0 Å². The summed E-state index contributed by atoms with van der Waals surface area (Å²) in [6.07, 6.45) is 3.38. The zero-order valence-corrected chi connectivity index (χ0v) is 14.3. The Morgan fingerprint density at radius 1 is 1.35 bits per heavy atom. The molecule has 1 aromatic carbocycles. The third-order valence-electron chi connectivity index (χ3n) is 3.31. The van der Waals surface area contributed by atoms with Gasteiger partial charge in [0, 0.05) is 26.2 Å². The molecule has 0 saturated carbocycles. The molecule has 0 unspecified atom stereocenters. The Morgan fingerprint density at radius 3 is 2.75 bits per heavy atom. The second-order valence-corrected chi connectivity index (χ2v) is 4.85.